The third-order valence-corrected chi connectivity index (χ3v) is 15.4. The minimum atomic E-state index is -2.28. The van der Waals surface area contributed by atoms with Crippen LogP contribution < -0.4 is 19.7 Å². The van der Waals surface area contributed by atoms with Crippen LogP contribution in [0, 0.1) is 5.92 Å². The molecule has 0 unspecified atom stereocenters. The SMILES string of the molecule is COc1ccc([Si](C)(C)[C@H]2[C@H](CCn3cc(CCO)nn3)O[C@@]3(C(=O)N(Cc4ccc(N5CCCC5=O)cc4)c4ccccc43)[C@@H]2C)cc1. The van der Waals surface area contributed by atoms with E-state index in [0.29, 0.717) is 32.4 Å². The second-order valence-electron chi connectivity index (χ2n) is 14.1. The van der Waals surface area contributed by atoms with Gasteiger partial charge in [0.05, 0.1) is 39.2 Å². The van der Waals surface area contributed by atoms with Gasteiger partial charge in [-0.2, -0.15) is 0 Å². The standard InChI is InChI=1S/C38H45N5O5Si/c1-26-36(49(3,4)31-17-15-30(47-2)16-18-31)34(19-22-41-25-28(20-23-44)39-40-41)48-38(26)32-8-5-6-9-33(32)43(37(38)46)24-27-11-13-29(14-12-27)42-21-7-10-35(42)45/h5-6,8-9,11-18,25-26,34,36,44H,7,10,19-24H2,1-4H3/t26-,34+,36-,38+/m1/s1. The minimum absolute atomic E-state index is 0.0223. The van der Waals surface area contributed by atoms with Crippen LogP contribution >= 0.6 is 0 Å². The molecule has 4 aromatic rings. The first kappa shape index (κ1) is 33.2. The number of aliphatic hydroxyl groups is 1. The van der Waals surface area contributed by atoms with E-state index >= 15 is 4.79 Å². The van der Waals surface area contributed by atoms with Crippen molar-refractivity contribution < 1.29 is 24.2 Å². The Hall–Kier alpha value is -4.32. The molecule has 3 aliphatic heterocycles. The summed E-state index contributed by atoms with van der Waals surface area (Å²) in [5.74, 6) is 0.838. The lowest BCUT2D eigenvalue weighted by Gasteiger charge is -2.37. The Morgan fingerprint density at radius 1 is 1.04 bits per heavy atom. The van der Waals surface area contributed by atoms with Gasteiger partial charge in [0.15, 0.2) is 5.60 Å². The monoisotopic (exact) mass is 679 g/mol. The molecule has 1 aromatic heterocycles. The average Bonchev–Trinajstić information content (AvgIpc) is 3.87. The third kappa shape index (κ3) is 5.77. The highest BCUT2D eigenvalue weighted by atomic mass is 28.3. The van der Waals surface area contributed by atoms with Gasteiger partial charge in [-0.3, -0.25) is 14.3 Å². The number of benzene rings is 3. The van der Waals surface area contributed by atoms with E-state index in [-0.39, 0.29) is 36.0 Å². The predicted octanol–water partition coefficient (Wildman–Crippen LogP) is 4.80. The predicted molar refractivity (Wildman–Crippen MR) is 191 cm³/mol. The van der Waals surface area contributed by atoms with Crippen molar-refractivity contribution in [2.24, 2.45) is 5.92 Å². The van der Waals surface area contributed by atoms with Crippen molar-refractivity contribution in [1.29, 1.82) is 0 Å². The van der Waals surface area contributed by atoms with Crippen LogP contribution in [0.1, 0.15) is 43.0 Å². The Morgan fingerprint density at radius 2 is 1.80 bits per heavy atom. The lowest BCUT2D eigenvalue weighted by Crippen LogP contribution is -2.51. The Balaban J connectivity index is 1.23. The number of aliphatic hydroxyl groups excluding tert-OH is 1. The van der Waals surface area contributed by atoms with Crippen LogP contribution in [-0.2, 0) is 39.4 Å². The molecule has 256 valence electrons. The summed E-state index contributed by atoms with van der Waals surface area (Å²) in [6.07, 6.45) is 4.26. The molecule has 0 bridgehead atoms. The van der Waals surface area contributed by atoms with Gasteiger partial charge in [0.2, 0.25) is 5.91 Å². The zero-order valence-electron chi connectivity index (χ0n) is 28.7. The second-order valence-corrected chi connectivity index (χ2v) is 18.8. The second kappa shape index (κ2) is 13.2. The number of aryl methyl sites for hydroxylation is 1. The number of hydrogen-bond donors (Lipinski definition) is 1. The maximum absolute atomic E-state index is 15.0. The van der Waals surface area contributed by atoms with Crippen molar-refractivity contribution in [3.63, 3.8) is 0 Å². The van der Waals surface area contributed by atoms with Crippen molar-refractivity contribution >= 4 is 36.4 Å². The molecule has 0 aliphatic carbocycles. The van der Waals surface area contributed by atoms with Gasteiger partial charge in [0.25, 0.3) is 5.91 Å². The summed E-state index contributed by atoms with van der Waals surface area (Å²) in [7, 11) is -0.603. The van der Waals surface area contributed by atoms with E-state index in [9.17, 15) is 9.90 Å². The van der Waals surface area contributed by atoms with Crippen LogP contribution in [0.5, 0.6) is 5.75 Å². The number of carbonyl (C=O) groups is 2. The molecule has 1 spiro atoms. The summed E-state index contributed by atoms with van der Waals surface area (Å²) in [6.45, 7) is 8.73. The highest BCUT2D eigenvalue weighted by Gasteiger charge is 2.66. The summed E-state index contributed by atoms with van der Waals surface area (Å²) in [6, 6.07) is 24.5. The number of fused-ring (bicyclic) bond motifs is 2. The summed E-state index contributed by atoms with van der Waals surface area (Å²) in [4.78, 5) is 31.1. The van der Waals surface area contributed by atoms with Gasteiger partial charge in [-0.15, -0.1) is 5.10 Å². The Morgan fingerprint density at radius 3 is 2.49 bits per heavy atom. The summed E-state index contributed by atoms with van der Waals surface area (Å²) < 4.78 is 14.5. The zero-order chi connectivity index (χ0) is 34.3. The molecule has 2 amide bonds. The number of para-hydroxylation sites is 1. The molecule has 4 heterocycles. The fourth-order valence-corrected chi connectivity index (χ4v) is 12.6. The van der Waals surface area contributed by atoms with Gasteiger partial charge in [0.1, 0.15) is 5.75 Å². The number of ether oxygens (including phenoxy) is 2. The lowest BCUT2D eigenvalue weighted by atomic mass is 9.82. The molecule has 2 fully saturated rings. The fourth-order valence-electron chi connectivity index (χ4n) is 8.52. The molecule has 0 radical (unpaired) electrons. The Bertz CT molecular complexity index is 1830. The lowest BCUT2D eigenvalue weighted by molar-refractivity contribution is -0.146. The van der Waals surface area contributed by atoms with Crippen LogP contribution in [0.15, 0.2) is 79.0 Å². The van der Waals surface area contributed by atoms with E-state index in [1.165, 1.54) is 5.19 Å². The molecular formula is C38H45N5O5Si. The molecule has 11 heteroatoms. The first-order chi connectivity index (χ1) is 23.7. The third-order valence-electron chi connectivity index (χ3n) is 11.0. The van der Waals surface area contributed by atoms with Gasteiger partial charge in [-0.1, -0.05) is 72.9 Å². The maximum atomic E-state index is 15.0. The normalized spacial score (nSPS) is 23.6. The number of nitrogens with zero attached hydrogens (tertiary/aromatic N) is 5. The molecule has 3 aromatic carbocycles. The van der Waals surface area contributed by atoms with Crippen molar-refractivity contribution in [3.8, 4) is 5.75 Å². The molecule has 1 N–H and O–H groups in total. The molecule has 10 nitrogen and oxygen atoms in total. The minimum Gasteiger partial charge on any atom is -0.497 e. The van der Waals surface area contributed by atoms with E-state index in [4.69, 9.17) is 9.47 Å². The van der Waals surface area contributed by atoms with Crippen LogP contribution in [-0.4, -0.2) is 66.4 Å². The molecule has 0 saturated carbocycles. The van der Waals surface area contributed by atoms with Gasteiger partial charge in [-0.25, -0.2) is 0 Å². The largest absolute Gasteiger partial charge is 0.497 e. The van der Waals surface area contributed by atoms with Gasteiger partial charge < -0.3 is 24.4 Å². The highest BCUT2D eigenvalue weighted by Crippen LogP contribution is 2.60. The first-order valence-corrected chi connectivity index (χ1v) is 20.4. The summed E-state index contributed by atoms with van der Waals surface area (Å²) in [5, 5.41) is 19.2. The van der Waals surface area contributed by atoms with Gasteiger partial charge in [0, 0.05) is 55.9 Å². The number of aromatic nitrogens is 3. The Kier molecular flexibility index (Phi) is 8.93. The van der Waals surface area contributed by atoms with Crippen LogP contribution in [0.2, 0.25) is 18.6 Å². The Labute approximate surface area is 288 Å². The smallest absolute Gasteiger partial charge is 0.264 e. The maximum Gasteiger partial charge on any atom is 0.264 e. The topological polar surface area (TPSA) is 110 Å². The molecule has 4 atom stereocenters. The van der Waals surface area contributed by atoms with Crippen molar-refractivity contribution in [1.82, 2.24) is 15.0 Å². The first-order valence-electron chi connectivity index (χ1n) is 17.3. The zero-order valence-corrected chi connectivity index (χ0v) is 29.7. The van der Waals surface area contributed by atoms with E-state index in [1.54, 1.807) is 7.11 Å². The molecule has 7 rings (SSSR count). The number of methoxy groups -OCH3 is 1. The molecule has 2 saturated heterocycles. The average molecular weight is 680 g/mol. The number of amides is 2. The van der Waals surface area contributed by atoms with E-state index in [0.717, 1.165) is 46.9 Å². The molecule has 3 aliphatic rings. The van der Waals surface area contributed by atoms with E-state index in [2.05, 4.69) is 48.5 Å². The highest BCUT2D eigenvalue weighted by molar-refractivity contribution is 6.91. The van der Waals surface area contributed by atoms with Crippen molar-refractivity contribution in [3.05, 3.63) is 95.8 Å². The van der Waals surface area contributed by atoms with Crippen molar-refractivity contribution in [2.45, 2.75) is 76.0 Å². The van der Waals surface area contributed by atoms with Crippen LogP contribution in [0.25, 0.3) is 0 Å². The number of rotatable bonds is 11. The van der Waals surface area contributed by atoms with Crippen LogP contribution in [0.4, 0.5) is 11.4 Å². The van der Waals surface area contributed by atoms with Crippen molar-refractivity contribution in [2.75, 3.05) is 30.1 Å². The van der Waals surface area contributed by atoms with Crippen LogP contribution in [0.3, 0.4) is 0 Å². The number of hydrogen-bond acceptors (Lipinski definition) is 7. The summed E-state index contributed by atoms with van der Waals surface area (Å²) in [5.41, 5.74) is 3.42. The fraction of sp³-hybridized carbons (Fsp3) is 0.421. The quantitative estimate of drug-likeness (QED) is 0.227. The number of carbonyl (C=O) groups excluding carboxylic acids is 2. The van der Waals surface area contributed by atoms with E-state index < -0.39 is 13.7 Å². The van der Waals surface area contributed by atoms with E-state index in [1.807, 2.05) is 75.3 Å². The van der Waals surface area contributed by atoms with Gasteiger partial charge >= 0.3 is 0 Å². The molecule has 49 heavy (non-hydrogen) atoms. The molecular weight excluding hydrogens is 635 g/mol. The van der Waals surface area contributed by atoms with Gasteiger partial charge in [-0.05, 0) is 54.3 Å². The number of anilines is 2. The summed E-state index contributed by atoms with van der Waals surface area (Å²) >= 11 is 0.